The summed E-state index contributed by atoms with van der Waals surface area (Å²) >= 11 is 2.95. The minimum absolute atomic E-state index is 0. The Labute approximate surface area is 182 Å². The third-order valence-electron chi connectivity index (χ3n) is 2.84. The molecule has 1 fully saturated rings. The van der Waals surface area contributed by atoms with E-state index in [0.29, 0.717) is 0 Å². The van der Waals surface area contributed by atoms with Crippen molar-refractivity contribution >= 4 is 23.8 Å². The smallest absolute Gasteiger partial charge is 0.790 e. The van der Waals surface area contributed by atoms with Crippen molar-refractivity contribution in [2.75, 3.05) is 6.61 Å². The number of hydrogen-bond acceptors (Lipinski definition) is 8. The first-order valence-corrected chi connectivity index (χ1v) is 7.94. The van der Waals surface area contributed by atoms with Crippen LogP contribution in [-0.2, 0) is 13.8 Å². The first-order valence-electron chi connectivity index (χ1n) is 5.68. The summed E-state index contributed by atoms with van der Waals surface area (Å²) in [6.07, 6.45) is -1.97. The molecule has 2 heterocycles. The Morgan fingerprint density at radius 1 is 1.48 bits per heavy atom. The van der Waals surface area contributed by atoms with Crippen molar-refractivity contribution in [2.24, 2.45) is 0 Å². The molecule has 0 spiro atoms. The number of nitrogens with zero attached hydrogens (tertiary/aromatic N) is 1. The topological polar surface area (TPSA) is 157 Å². The molecule has 0 saturated carbocycles. The zero-order valence-corrected chi connectivity index (χ0v) is 18.8. The Morgan fingerprint density at radius 2 is 2.09 bits per heavy atom. The number of rotatable bonds is 4. The maximum atomic E-state index is 11.7. The molecule has 2 N–H and O–H groups in total. The van der Waals surface area contributed by atoms with Crippen LogP contribution >= 0.6 is 23.8 Å². The van der Waals surface area contributed by atoms with Gasteiger partial charge in [-0.1, -0.05) is 0 Å². The van der Waals surface area contributed by atoms with Crippen LogP contribution in [-0.4, -0.2) is 33.5 Å². The Bertz CT molecular complexity index is 691. The number of halogens is 1. The van der Waals surface area contributed by atoms with Gasteiger partial charge in [0.2, 0.25) is 0 Å². The van der Waals surface area contributed by atoms with Crippen LogP contribution in [0.3, 0.4) is 0 Å². The van der Waals surface area contributed by atoms with Gasteiger partial charge in [-0.25, -0.2) is 4.79 Å². The van der Waals surface area contributed by atoms with E-state index in [9.17, 15) is 29.0 Å². The molecule has 1 saturated heterocycles. The maximum absolute atomic E-state index is 11.7. The van der Waals surface area contributed by atoms with Crippen molar-refractivity contribution in [1.82, 2.24) is 9.55 Å². The molecule has 118 valence electrons. The zero-order valence-electron chi connectivity index (χ0n) is 12.3. The molecule has 23 heavy (non-hydrogen) atoms. The molecule has 0 aliphatic carbocycles. The molecule has 0 unspecified atom stereocenters. The summed E-state index contributed by atoms with van der Waals surface area (Å²) < 4.78 is 20.8. The van der Waals surface area contributed by atoms with E-state index in [-0.39, 0.29) is 70.0 Å². The maximum Gasteiger partial charge on any atom is 1.00 e. The number of H-pyrrole nitrogens is 1. The molecule has 3 atom stereocenters. The number of aromatic amines is 1. The summed E-state index contributed by atoms with van der Waals surface area (Å²) in [5.74, 6) is 0. The van der Waals surface area contributed by atoms with Crippen LogP contribution in [0.2, 0.25) is 0 Å². The molecule has 10 nitrogen and oxygen atoms in total. The van der Waals surface area contributed by atoms with Gasteiger partial charge in [-0.3, -0.25) is 14.3 Å². The number of hydrogen-bond donors (Lipinski definition) is 2. The van der Waals surface area contributed by atoms with Crippen LogP contribution in [0.15, 0.2) is 20.3 Å². The van der Waals surface area contributed by atoms with E-state index in [4.69, 9.17) is 4.74 Å². The molecular weight excluding hydrogens is 421 g/mol. The van der Waals surface area contributed by atoms with Gasteiger partial charge in [0.1, 0.15) is 12.3 Å². The average Bonchev–Trinajstić information content (AvgIpc) is 2.72. The van der Waals surface area contributed by atoms with Crippen LogP contribution in [0.5, 0.6) is 0 Å². The Morgan fingerprint density at radius 3 is 2.65 bits per heavy atom. The minimum atomic E-state index is -5.17. The molecule has 1 aliphatic heterocycles. The van der Waals surface area contributed by atoms with E-state index in [1.807, 2.05) is 4.98 Å². The molecule has 0 aromatic carbocycles. The first-order chi connectivity index (χ1) is 9.67. The predicted molar refractivity (Wildman–Crippen MR) is 67.1 cm³/mol. The first kappa shape index (κ1) is 24.2. The third-order valence-corrected chi connectivity index (χ3v) is 3.87. The summed E-state index contributed by atoms with van der Waals surface area (Å²) in [6.45, 7) is -0.652. The van der Waals surface area contributed by atoms with Crippen molar-refractivity contribution in [1.29, 1.82) is 0 Å². The van der Waals surface area contributed by atoms with Crippen LogP contribution in [0.4, 0.5) is 0 Å². The summed E-state index contributed by atoms with van der Waals surface area (Å²) in [7, 11) is -5.17. The number of aromatic nitrogens is 2. The van der Waals surface area contributed by atoms with Gasteiger partial charge in [0.15, 0.2) is 0 Å². The van der Waals surface area contributed by atoms with Gasteiger partial charge in [0.25, 0.3) is 5.56 Å². The van der Waals surface area contributed by atoms with E-state index in [0.717, 1.165) is 4.57 Å². The summed E-state index contributed by atoms with van der Waals surface area (Å²) in [4.78, 5) is 45.7. The van der Waals surface area contributed by atoms with E-state index >= 15 is 0 Å². The van der Waals surface area contributed by atoms with Gasteiger partial charge >= 0.3 is 64.8 Å². The van der Waals surface area contributed by atoms with Crippen molar-refractivity contribution in [3.8, 4) is 0 Å². The molecule has 0 bridgehead atoms. The second kappa shape index (κ2) is 9.77. The van der Waals surface area contributed by atoms with Crippen molar-refractivity contribution < 1.29 is 87.8 Å². The van der Waals surface area contributed by atoms with Crippen molar-refractivity contribution in [3.05, 3.63) is 31.5 Å². The predicted octanol–water partition coefficient (Wildman–Crippen LogP) is -8.20. The molecule has 0 amide bonds. The van der Waals surface area contributed by atoms with Crippen molar-refractivity contribution in [2.45, 2.75) is 24.9 Å². The second-order valence-corrected chi connectivity index (χ2v) is 6.33. The Balaban J connectivity index is 0.00000242. The number of aliphatic hydroxyl groups is 1. The summed E-state index contributed by atoms with van der Waals surface area (Å²) in [5, 5.41) is 9.73. The van der Waals surface area contributed by atoms with E-state index in [2.05, 4.69) is 20.5 Å². The van der Waals surface area contributed by atoms with Gasteiger partial charge in [-0.15, -0.1) is 0 Å². The fraction of sp³-hybridized carbons (Fsp3) is 0.556. The molecule has 0 radical (unpaired) electrons. The molecule has 1 aromatic rings. The standard InChI is InChI=1S/C9H12BrN2O8P.2Na/c10-4-2-12(9(15)11-8(4)14)7-1-5(13)6(20-7)3-19-21(16,17)18;;/h2,5-7,13H,1,3H2,(H,11,14,15)(H2,16,17,18);;/q;2*+1/p-2/t5-,6-,7+;;/m0../s1. The molecule has 1 aliphatic rings. The second-order valence-electron chi connectivity index (χ2n) is 4.32. The Hall–Kier alpha value is 1.19. The van der Waals surface area contributed by atoms with Crippen molar-refractivity contribution in [3.63, 3.8) is 0 Å². The fourth-order valence-electron chi connectivity index (χ4n) is 1.88. The van der Waals surface area contributed by atoms with Crippen LogP contribution in [0, 0.1) is 0 Å². The molecule has 2 rings (SSSR count). The van der Waals surface area contributed by atoms with E-state index in [1.165, 1.54) is 6.20 Å². The zero-order chi connectivity index (χ0) is 15.8. The Kier molecular flexibility index (Phi) is 10.3. The molecule has 1 aromatic heterocycles. The summed E-state index contributed by atoms with van der Waals surface area (Å²) in [5.41, 5.74) is -1.37. The monoisotopic (exact) mass is 430 g/mol. The van der Waals surface area contributed by atoms with Gasteiger partial charge in [-0.2, -0.15) is 0 Å². The number of ether oxygens (including phenoxy) is 1. The number of phosphoric acid groups is 1. The van der Waals surface area contributed by atoms with Crippen LogP contribution < -0.4 is 80.2 Å². The number of nitrogens with one attached hydrogen (secondary N) is 1. The van der Waals surface area contributed by atoms with Crippen LogP contribution in [0.25, 0.3) is 0 Å². The number of aliphatic hydroxyl groups excluding tert-OH is 1. The summed E-state index contributed by atoms with van der Waals surface area (Å²) in [6, 6.07) is 0. The SMILES string of the molecule is O=c1[nH]c(=O)n([C@H]2C[C@H](O)[C@H](COP(=O)([O-])[O-])O2)cc1Br.[Na+].[Na+]. The van der Waals surface area contributed by atoms with Gasteiger partial charge < -0.3 is 28.7 Å². The van der Waals surface area contributed by atoms with Gasteiger partial charge in [-0.05, 0) is 15.9 Å². The van der Waals surface area contributed by atoms with E-state index < -0.39 is 44.1 Å². The average molecular weight is 431 g/mol. The normalized spacial score (nSPS) is 23.9. The third kappa shape index (κ3) is 6.78. The molecular formula is C9H10BrN2Na2O8P. The van der Waals surface area contributed by atoms with Gasteiger partial charge in [0, 0.05) is 12.6 Å². The van der Waals surface area contributed by atoms with Gasteiger partial charge in [0.05, 0.1) is 25.0 Å². The fourth-order valence-corrected chi connectivity index (χ4v) is 2.52. The van der Waals surface area contributed by atoms with E-state index in [1.54, 1.807) is 0 Å². The largest absolute Gasteiger partial charge is 1.00 e. The van der Waals surface area contributed by atoms with Crippen LogP contribution in [0.1, 0.15) is 12.6 Å². The molecule has 14 heteroatoms. The number of phosphoric ester groups is 1. The minimum Gasteiger partial charge on any atom is -0.790 e. The quantitative estimate of drug-likeness (QED) is 0.352.